The monoisotopic (exact) mass is 405 g/mol. The van der Waals surface area contributed by atoms with Crippen molar-refractivity contribution in [1.29, 1.82) is 5.26 Å². The summed E-state index contributed by atoms with van der Waals surface area (Å²) in [5.41, 5.74) is 13.0. The molecule has 0 aliphatic heterocycles. The van der Waals surface area contributed by atoms with Crippen molar-refractivity contribution in [1.82, 2.24) is 9.78 Å². The number of hydrogen-bond acceptors (Lipinski definition) is 7. The molecule has 3 rings (SSSR count). The van der Waals surface area contributed by atoms with Crippen molar-refractivity contribution in [3.05, 3.63) is 75.5 Å². The summed E-state index contributed by atoms with van der Waals surface area (Å²) in [6.45, 7) is 0.389. The number of nitriles is 1. The van der Waals surface area contributed by atoms with E-state index in [2.05, 4.69) is 16.5 Å². The molecule has 10 nitrogen and oxygen atoms in total. The van der Waals surface area contributed by atoms with Crippen molar-refractivity contribution >= 4 is 23.1 Å². The Morgan fingerprint density at radius 3 is 2.63 bits per heavy atom. The molecule has 5 N–H and O–H groups in total. The number of nitrogen functional groups attached to an aromatic ring is 1. The number of aromatic nitrogens is 2. The van der Waals surface area contributed by atoms with Crippen LogP contribution in [0.1, 0.15) is 28.0 Å². The second-order valence-electron chi connectivity index (χ2n) is 6.45. The van der Waals surface area contributed by atoms with Crippen LogP contribution in [0.4, 0.5) is 17.2 Å². The predicted octanol–water partition coefficient (Wildman–Crippen LogP) is 2.38. The van der Waals surface area contributed by atoms with Crippen LogP contribution in [-0.4, -0.2) is 27.2 Å². The van der Waals surface area contributed by atoms with Gasteiger partial charge >= 0.3 is 0 Å². The number of nitro groups is 1. The normalized spacial score (nSPS) is 10.4. The fraction of sp³-hybridized carbons (Fsp3) is 0.150. The number of primary amides is 1. The lowest BCUT2D eigenvalue weighted by Crippen LogP contribution is -2.12. The van der Waals surface area contributed by atoms with Gasteiger partial charge in [0.15, 0.2) is 0 Å². The molecule has 0 aliphatic carbocycles. The first-order valence-electron chi connectivity index (χ1n) is 9.07. The fourth-order valence-electron chi connectivity index (χ4n) is 3.01. The van der Waals surface area contributed by atoms with Crippen LogP contribution >= 0.6 is 0 Å². The first kappa shape index (κ1) is 20.3. The van der Waals surface area contributed by atoms with E-state index in [1.54, 1.807) is 0 Å². The zero-order valence-corrected chi connectivity index (χ0v) is 15.9. The van der Waals surface area contributed by atoms with E-state index >= 15 is 0 Å². The molecule has 0 saturated heterocycles. The molecular formula is C20H19N7O3. The van der Waals surface area contributed by atoms with Gasteiger partial charge in [0.25, 0.3) is 5.69 Å². The summed E-state index contributed by atoms with van der Waals surface area (Å²) in [5.74, 6) is -0.468. The van der Waals surface area contributed by atoms with Crippen LogP contribution in [0.3, 0.4) is 0 Å². The molecule has 1 aromatic heterocycles. The van der Waals surface area contributed by atoms with E-state index in [1.807, 2.05) is 30.3 Å². The Bertz CT molecular complexity index is 1130. The second kappa shape index (κ2) is 8.74. The summed E-state index contributed by atoms with van der Waals surface area (Å²) < 4.78 is 1.52. The van der Waals surface area contributed by atoms with Gasteiger partial charge in [0.1, 0.15) is 23.1 Å². The van der Waals surface area contributed by atoms with Crippen LogP contribution in [0.5, 0.6) is 0 Å². The number of hydrogen-bond donors (Lipinski definition) is 3. The molecule has 0 radical (unpaired) electrons. The number of benzene rings is 2. The van der Waals surface area contributed by atoms with Crippen LogP contribution in [0, 0.1) is 21.4 Å². The van der Waals surface area contributed by atoms with Crippen LogP contribution in [0.2, 0.25) is 0 Å². The topological polar surface area (TPSA) is 166 Å². The Morgan fingerprint density at radius 2 is 2.00 bits per heavy atom. The van der Waals surface area contributed by atoms with E-state index in [4.69, 9.17) is 11.5 Å². The molecule has 0 fully saturated rings. The number of rotatable bonds is 8. The number of para-hydroxylation sites is 1. The van der Waals surface area contributed by atoms with Gasteiger partial charge in [-0.2, -0.15) is 10.4 Å². The van der Waals surface area contributed by atoms with Crippen molar-refractivity contribution in [2.75, 3.05) is 17.6 Å². The quantitative estimate of drug-likeness (QED) is 0.294. The molecule has 152 valence electrons. The van der Waals surface area contributed by atoms with Gasteiger partial charge in [-0.15, -0.1) is 0 Å². The van der Waals surface area contributed by atoms with Crippen molar-refractivity contribution in [2.24, 2.45) is 5.73 Å². The zero-order valence-electron chi connectivity index (χ0n) is 15.9. The molecule has 0 saturated carbocycles. The summed E-state index contributed by atoms with van der Waals surface area (Å²) in [5, 5.41) is 28.1. The highest BCUT2D eigenvalue weighted by molar-refractivity contribution is 5.94. The number of nitrogens with zero attached hydrogens (tertiary/aromatic N) is 4. The molecule has 3 aromatic rings. The minimum atomic E-state index is -0.736. The van der Waals surface area contributed by atoms with Gasteiger partial charge in [0.05, 0.1) is 16.3 Å². The summed E-state index contributed by atoms with van der Waals surface area (Å²) in [6, 6.07) is 15.3. The lowest BCUT2D eigenvalue weighted by Gasteiger charge is -2.07. The number of aryl methyl sites for hydroxylation is 1. The molecule has 10 heteroatoms. The maximum absolute atomic E-state index is 11.3. The molecule has 1 amide bonds. The zero-order chi connectivity index (χ0) is 21.7. The molecule has 0 aliphatic rings. The Balaban J connectivity index is 1.70. The van der Waals surface area contributed by atoms with E-state index in [0.29, 0.717) is 30.6 Å². The van der Waals surface area contributed by atoms with Crippen LogP contribution in [-0.2, 0) is 6.42 Å². The highest BCUT2D eigenvalue weighted by atomic mass is 16.6. The lowest BCUT2D eigenvalue weighted by molar-refractivity contribution is -0.384. The first-order valence-corrected chi connectivity index (χ1v) is 9.07. The Kier molecular flexibility index (Phi) is 5.93. The summed E-state index contributed by atoms with van der Waals surface area (Å²) in [7, 11) is 0. The molecule has 0 bridgehead atoms. The highest BCUT2D eigenvalue weighted by Crippen LogP contribution is 2.26. The Hall–Kier alpha value is -4.39. The average Bonchev–Trinajstić information content (AvgIpc) is 3.06. The lowest BCUT2D eigenvalue weighted by atomic mass is 10.1. The summed E-state index contributed by atoms with van der Waals surface area (Å²) >= 11 is 0. The van der Waals surface area contributed by atoms with Crippen LogP contribution in [0.25, 0.3) is 5.69 Å². The van der Waals surface area contributed by atoms with Gasteiger partial charge < -0.3 is 16.8 Å². The largest absolute Gasteiger partial charge is 0.382 e. The fourth-order valence-corrected chi connectivity index (χ4v) is 3.01. The molecule has 0 atom stereocenters. The summed E-state index contributed by atoms with van der Waals surface area (Å²) in [4.78, 5) is 21.9. The number of nitrogens with one attached hydrogen (secondary N) is 1. The minimum Gasteiger partial charge on any atom is -0.382 e. The van der Waals surface area contributed by atoms with E-state index in [9.17, 15) is 20.2 Å². The third-order valence-corrected chi connectivity index (χ3v) is 4.49. The molecule has 0 spiro atoms. The predicted molar refractivity (Wildman–Crippen MR) is 111 cm³/mol. The van der Waals surface area contributed by atoms with Gasteiger partial charge in [0.2, 0.25) is 5.91 Å². The van der Waals surface area contributed by atoms with Gasteiger partial charge in [-0.05, 0) is 37.1 Å². The van der Waals surface area contributed by atoms with Gasteiger partial charge in [-0.1, -0.05) is 18.2 Å². The van der Waals surface area contributed by atoms with Crippen molar-refractivity contribution in [2.45, 2.75) is 12.8 Å². The van der Waals surface area contributed by atoms with E-state index in [0.717, 1.165) is 11.8 Å². The standard InChI is InChI=1S/C20H19N7O3/c21-12-15-16(25-26(19(15)22)14-5-2-1-3-6-14)7-4-10-24-17-9-8-13(20(23)28)11-18(17)27(29)30/h1-3,5-6,8-9,11,24H,4,7,10,22H2,(H2,23,28). The molecule has 2 aromatic carbocycles. The summed E-state index contributed by atoms with van der Waals surface area (Å²) in [6.07, 6.45) is 1.00. The second-order valence-corrected chi connectivity index (χ2v) is 6.45. The SMILES string of the molecule is N#Cc1c(CCCNc2ccc(C(N)=O)cc2[N+](=O)[O-])nn(-c2ccccc2)c1N. The van der Waals surface area contributed by atoms with Crippen molar-refractivity contribution < 1.29 is 9.72 Å². The third-order valence-electron chi connectivity index (χ3n) is 4.49. The highest BCUT2D eigenvalue weighted by Gasteiger charge is 2.18. The number of carbonyl (C=O) groups excluding carboxylic acids is 1. The first-order chi connectivity index (χ1) is 14.4. The molecule has 30 heavy (non-hydrogen) atoms. The number of nitrogens with two attached hydrogens (primary N) is 2. The van der Waals surface area contributed by atoms with E-state index < -0.39 is 10.8 Å². The van der Waals surface area contributed by atoms with Gasteiger partial charge in [-0.3, -0.25) is 14.9 Å². The van der Waals surface area contributed by atoms with Gasteiger partial charge in [-0.25, -0.2) is 4.68 Å². The number of amides is 1. The van der Waals surface area contributed by atoms with Crippen LogP contribution in [0.15, 0.2) is 48.5 Å². The maximum Gasteiger partial charge on any atom is 0.293 e. The third kappa shape index (κ3) is 4.20. The molecule has 0 unspecified atom stereocenters. The molecular weight excluding hydrogens is 386 g/mol. The van der Waals surface area contributed by atoms with Gasteiger partial charge in [0, 0.05) is 18.2 Å². The smallest absolute Gasteiger partial charge is 0.293 e. The maximum atomic E-state index is 11.3. The number of nitro benzene ring substituents is 1. The van der Waals surface area contributed by atoms with E-state index in [1.165, 1.54) is 16.8 Å². The average molecular weight is 405 g/mol. The van der Waals surface area contributed by atoms with E-state index in [-0.39, 0.29) is 22.8 Å². The van der Waals surface area contributed by atoms with Crippen LogP contribution < -0.4 is 16.8 Å². The Labute approximate surface area is 171 Å². The Morgan fingerprint density at radius 1 is 1.27 bits per heavy atom. The van der Waals surface area contributed by atoms with Crippen molar-refractivity contribution in [3.63, 3.8) is 0 Å². The van der Waals surface area contributed by atoms with Crippen molar-refractivity contribution in [3.8, 4) is 11.8 Å². The number of carbonyl (C=O) groups is 1. The molecule has 1 heterocycles. The minimum absolute atomic E-state index is 0.0628. The number of anilines is 2.